The Balaban J connectivity index is 1.71. The van der Waals surface area contributed by atoms with E-state index in [0.29, 0.717) is 12.8 Å². The summed E-state index contributed by atoms with van der Waals surface area (Å²) >= 11 is 0. The highest BCUT2D eigenvalue weighted by Crippen LogP contribution is 2.07. The predicted octanol–water partition coefficient (Wildman–Crippen LogP) is 1.98. The van der Waals surface area contributed by atoms with Gasteiger partial charge < -0.3 is 16.2 Å². The van der Waals surface area contributed by atoms with Gasteiger partial charge in [0.25, 0.3) is 0 Å². The van der Waals surface area contributed by atoms with Crippen LogP contribution in [-0.2, 0) is 27.2 Å². The Morgan fingerprint density at radius 2 is 1.08 bits per heavy atom. The monoisotopic (exact) mass is 340 g/mol. The number of rotatable bonds is 8. The van der Waals surface area contributed by atoms with Gasteiger partial charge in [-0.15, -0.1) is 0 Å². The van der Waals surface area contributed by atoms with E-state index in [0.717, 1.165) is 11.1 Å². The Kier molecular flexibility index (Phi) is 7.32. The van der Waals surface area contributed by atoms with Crippen LogP contribution in [0.1, 0.15) is 24.0 Å². The quantitative estimate of drug-likeness (QED) is 0.566. The van der Waals surface area contributed by atoms with Crippen molar-refractivity contribution in [3.05, 3.63) is 71.8 Å². The molecule has 0 saturated carbocycles. The van der Waals surface area contributed by atoms with Crippen molar-refractivity contribution in [2.24, 2.45) is 11.5 Å². The third-order valence-electron chi connectivity index (χ3n) is 3.77. The topological polar surface area (TPSA) is 95.4 Å². The summed E-state index contributed by atoms with van der Waals surface area (Å²) < 4.78 is 4.83. The van der Waals surface area contributed by atoms with Crippen LogP contribution >= 0.6 is 0 Å². The lowest BCUT2D eigenvalue weighted by Crippen LogP contribution is -2.31. The van der Waals surface area contributed by atoms with Gasteiger partial charge in [-0.1, -0.05) is 60.7 Å². The maximum absolute atomic E-state index is 11.8. The summed E-state index contributed by atoms with van der Waals surface area (Å²) in [6.45, 7) is 0. The van der Waals surface area contributed by atoms with Gasteiger partial charge in [0.1, 0.15) is 0 Å². The molecule has 5 nitrogen and oxygen atoms in total. The minimum atomic E-state index is -0.611. The van der Waals surface area contributed by atoms with Crippen LogP contribution in [0, 0.1) is 0 Å². The van der Waals surface area contributed by atoms with Gasteiger partial charge >= 0.3 is 11.9 Å². The first-order valence-corrected chi connectivity index (χ1v) is 8.35. The third-order valence-corrected chi connectivity index (χ3v) is 3.77. The van der Waals surface area contributed by atoms with Gasteiger partial charge in [-0.3, -0.25) is 9.59 Å². The van der Waals surface area contributed by atoms with Crippen LogP contribution in [0.3, 0.4) is 0 Å². The minimum absolute atomic E-state index is 0.00540. The second kappa shape index (κ2) is 9.71. The van der Waals surface area contributed by atoms with Crippen molar-refractivity contribution < 1.29 is 14.3 Å². The predicted molar refractivity (Wildman–Crippen MR) is 96.6 cm³/mol. The summed E-state index contributed by atoms with van der Waals surface area (Å²) in [5, 5.41) is 0. The van der Waals surface area contributed by atoms with Crippen molar-refractivity contribution in [2.45, 2.75) is 37.8 Å². The summed E-state index contributed by atoms with van der Waals surface area (Å²) in [7, 11) is 0. The molecule has 0 radical (unpaired) electrons. The van der Waals surface area contributed by atoms with Gasteiger partial charge in [0.15, 0.2) is 0 Å². The number of benzene rings is 2. The highest BCUT2D eigenvalue weighted by molar-refractivity contribution is 5.86. The van der Waals surface area contributed by atoms with E-state index < -0.39 is 11.9 Å². The maximum Gasteiger partial charge on any atom is 0.315 e. The number of carbonyl (C=O) groups excluding carboxylic acids is 2. The molecule has 0 heterocycles. The van der Waals surface area contributed by atoms with Crippen LogP contribution < -0.4 is 11.5 Å². The molecule has 25 heavy (non-hydrogen) atoms. The highest BCUT2D eigenvalue weighted by atomic mass is 16.6. The maximum atomic E-state index is 11.8. The Morgan fingerprint density at radius 3 is 1.44 bits per heavy atom. The van der Waals surface area contributed by atoms with Crippen molar-refractivity contribution in [3.8, 4) is 0 Å². The largest absolute Gasteiger partial charge is 0.393 e. The zero-order valence-corrected chi connectivity index (χ0v) is 14.1. The standard InChI is InChI=1S/C20H24N2O3/c21-17(11-15-7-3-1-4-8-15)13-19(23)25-20(24)14-18(22)12-16-9-5-2-6-10-16/h1-10,17-18H,11-14,21-22H2. The number of carbonyl (C=O) groups is 2. The second-order valence-corrected chi connectivity index (χ2v) is 6.15. The van der Waals surface area contributed by atoms with Gasteiger partial charge in [-0.2, -0.15) is 0 Å². The Bertz CT molecular complexity index is 614. The van der Waals surface area contributed by atoms with E-state index in [-0.39, 0.29) is 24.9 Å². The molecule has 2 aromatic carbocycles. The summed E-state index contributed by atoms with van der Waals surface area (Å²) in [4.78, 5) is 23.7. The molecule has 4 N–H and O–H groups in total. The van der Waals surface area contributed by atoms with Crippen molar-refractivity contribution >= 4 is 11.9 Å². The van der Waals surface area contributed by atoms with Crippen molar-refractivity contribution in [1.82, 2.24) is 0 Å². The Hall–Kier alpha value is -2.50. The molecule has 2 unspecified atom stereocenters. The molecular weight excluding hydrogens is 316 g/mol. The number of hydrogen-bond acceptors (Lipinski definition) is 5. The van der Waals surface area contributed by atoms with E-state index in [4.69, 9.17) is 16.2 Å². The lowest BCUT2D eigenvalue weighted by atomic mass is 10.0. The summed E-state index contributed by atoms with van der Waals surface area (Å²) in [6.07, 6.45) is 1.10. The number of nitrogens with two attached hydrogens (primary N) is 2. The van der Waals surface area contributed by atoms with Crippen LogP contribution in [0.5, 0.6) is 0 Å². The van der Waals surface area contributed by atoms with Crippen LogP contribution in [-0.4, -0.2) is 24.0 Å². The average Bonchev–Trinajstić information content (AvgIpc) is 2.55. The van der Waals surface area contributed by atoms with Crippen molar-refractivity contribution in [2.75, 3.05) is 0 Å². The van der Waals surface area contributed by atoms with Gasteiger partial charge in [0.05, 0.1) is 12.8 Å². The molecular formula is C20H24N2O3. The zero-order valence-electron chi connectivity index (χ0n) is 14.1. The van der Waals surface area contributed by atoms with Crippen LogP contribution in [0.15, 0.2) is 60.7 Å². The average molecular weight is 340 g/mol. The fraction of sp³-hybridized carbons (Fsp3) is 0.300. The summed E-state index contributed by atoms with van der Waals surface area (Å²) in [6, 6.07) is 18.5. The van der Waals surface area contributed by atoms with Gasteiger partial charge in [0.2, 0.25) is 0 Å². The molecule has 2 atom stereocenters. The Labute approximate surface area is 148 Å². The van der Waals surface area contributed by atoms with Crippen LogP contribution in [0.4, 0.5) is 0 Å². The molecule has 0 fully saturated rings. The number of hydrogen-bond donors (Lipinski definition) is 2. The molecule has 0 saturated heterocycles. The first-order chi connectivity index (χ1) is 12.0. The fourth-order valence-corrected chi connectivity index (χ4v) is 2.62. The molecule has 5 heteroatoms. The molecule has 0 aliphatic rings. The van der Waals surface area contributed by atoms with Crippen LogP contribution in [0.25, 0.3) is 0 Å². The second-order valence-electron chi connectivity index (χ2n) is 6.15. The SMILES string of the molecule is NC(CC(=O)OC(=O)CC(N)Cc1ccccc1)Cc1ccccc1. The molecule has 132 valence electrons. The first-order valence-electron chi connectivity index (χ1n) is 8.35. The van der Waals surface area contributed by atoms with Gasteiger partial charge in [-0.05, 0) is 24.0 Å². The molecule has 0 amide bonds. The normalized spacial score (nSPS) is 13.0. The fourth-order valence-electron chi connectivity index (χ4n) is 2.62. The van der Waals surface area contributed by atoms with Gasteiger partial charge in [-0.25, -0.2) is 0 Å². The smallest absolute Gasteiger partial charge is 0.315 e. The van der Waals surface area contributed by atoms with E-state index in [1.54, 1.807) is 0 Å². The third kappa shape index (κ3) is 7.28. The van der Waals surface area contributed by atoms with E-state index >= 15 is 0 Å². The van der Waals surface area contributed by atoms with Crippen molar-refractivity contribution in [1.29, 1.82) is 0 Å². The summed E-state index contributed by atoms with van der Waals surface area (Å²) in [5.74, 6) is -1.22. The van der Waals surface area contributed by atoms with Gasteiger partial charge in [0, 0.05) is 12.1 Å². The van der Waals surface area contributed by atoms with Crippen molar-refractivity contribution in [3.63, 3.8) is 0 Å². The van der Waals surface area contributed by atoms with E-state index in [1.165, 1.54) is 0 Å². The lowest BCUT2D eigenvalue weighted by Gasteiger charge is -2.13. The number of ether oxygens (including phenoxy) is 1. The molecule has 0 bridgehead atoms. The highest BCUT2D eigenvalue weighted by Gasteiger charge is 2.17. The molecule has 0 aliphatic heterocycles. The van der Waals surface area contributed by atoms with Crippen LogP contribution in [0.2, 0.25) is 0 Å². The van der Waals surface area contributed by atoms with E-state index in [9.17, 15) is 9.59 Å². The lowest BCUT2D eigenvalue weighted by molar-refractivity contribution is -0.160. The molecule has 0 aliphatic carbocycles. The summed E-state index contributed by atoms with van der Waals surface area (Å²) in [5.41, 5.74) is 14.0. The van der Waals surface area contributed by atoms with E-state index in [2.05, 4.69) is 0 Å². The first kappa shape index (κ1) is 18.8. The molecule has 2 rings (SSSR count). The molecule has 0 spiro atoms. The zero-order chi connectivity index (χ0) is 18.1. The Morgan fingerprint density at radius 1 is 0.720 bits per heavy atom. The minimum Gasteiger partial charge on any atom is -0.393 e. The molecule has 2 aromatic rings. The van der Waals surface area contributed by atoms with E-state index in [1.807, 2.05) is 60.7 Å². The molecule has 0 aromatic heterocycles. The number of esters is 2.